The molecule has 1 aliphatic rings. The summed E-state index contributed by atoms with van der Waals surface area (Å²) >= 11 is 0. The molecule has 0 radical (unpaired) electrons. The summed E-state index contributed by atoms with van der Waals surface area (Å²) in [6.07, 6.45) is -0.142. The Kier molecular flexibility index (Phi) is 1.92. The molecule has 1 atom stereocenters. The first-order valence-electron chi connectivity index (χ1n) is 4.06. The van der Waals surface area contributed by atoms with Crippen molar-refractivity contribution in [2.75, 3.05) is 11.9 Å². The SMILES string of the molecule is OC1CNc2cc(F)c(F)cc2C1. The molecule has 0 aliphatic carbocycles. The van der Waals surface area contributed by atoms with Gasteiger partial charge in [-0.3, -0.25) is 0 Å². The molecule has 1 aliphatic heterocycles. The standard InChI is InChI=1S/C9H9F2NO/c10-7-2-5-1-6(13)4-12-9(5)3-8(7)11/h2-3,6,12-13H,1,4H2. The van der Waals surface area contributed by atoms with Crippen molar-refractivity contribution in [3.63, 3.8) is 0 Å². The quantitative estimate of drug-likeness (QED) is 0.638. The van der Waals surface area contributed by atoms with Crippen molar-refractivity contribution in [2.24, 2.45) is 0 Å². The number of hydrogen-bond donors (Lipinski definition) is 2. The van der Waals surface area contributed by atoms with Gasteiger partial charge in [0.2, 0.25) is 0 Å². The number of fused-ring (bicyclic) bond motifs is 1. The molecule has 0 saturated carbocycles. The van der Waals surface area contributed by atoms with Gasteiger partial charge in [0.05, 0.1) is 6.10 Å². The summed E-state index contributed by atoms with van der Waals surface area (Å²) < 4.78 is 25.5. The van der Waals surface area contributed by atoms with Crippen LogP contribution in [0.5, 0.6) is 0 Å². The van der Waals surface area contributed by atoms with E-state index in [1.54, 1.807) is 0 Å². The zero-order valence-electron chi connectivity index (χ0n) is 6.85. The Balaban J connectivity index is 2.43. The fraction of sp³-hybridized carbons (Fsp3) is 0.333. The van der Waals surface area contributed by atoms with Gasteiger partial charge in [-0.1, -0.05) is 0 Å². The molecule has 2 rings (SSSR count). The largest absolute Gasteiger partial charge is 0.391 e. The van der Waals surface area contributed by atoms with Gasteiger partial charge in [0, 0.05) is 24.7 Å². The average molecular weight is 185 g/mol. The Labute approximate surface area is 74.2 Å². The predicted molar refractivity (Wildman–Crippen MR) is 44.6 cm³/mol. The fourth-order valence-corrected chi connectivity index (χ4v) is 1.48. The monoisotopic (exact) mass is 185 g/mol. The van der Waals surface area contributed by atoms with Gasteiger partial charge in [-0.15, -0.1) is 0 Å². The molecule has 4 heteroatoms. The van der Waals surface area contributed by atoms with Crippen LogP contribution in [0.4, 0.5) is 14.5 Å². The molecule has 0 bridgehead atoms. The van der Waals surface area contributed by atoms with Crippen LogP contribution in [-0.2, 0) is 6.42 Å². The van der Waals surface area contributed by atoms with E-state index in [2.05, 4.69) is 5.32 Å². The highest BCUT2D eigenvalue weighted by Crippen LogP contribution is 2.24. The van der Waals surface area contributed by atoms with E-state index in [0.717, 1.165) is 12.1 Å². The highest BCUT2D eigenvalue weighted by atomic mass is 19.2. The molecule has 1 heterocycles. The van der Waals surface area contributed by atoms with Crippen molar-refractivity contribution in [1.82, 2.24) is 0 Å². The van der Waals surface area contributed by atoms with Crippen LogP contribution in [-0.4, -0.2) is 17.8 Å². The zero-order valence-corrected chi connectivity index (χ0v) is 6.85. The van der Waals surface area contributed by atoms with E-state index in [-0.39, 0.29) is 0 Å². The van der Waals surface area contributed by atoms with E-state index in [1.165, 1.54) is 0 Å². The van der Waals surface area contributed by atoms with Crippen molar-refractivity contribution >= 4 is 5.69 Å². The average Bonchev–Trinajstić information content (AvgIpc) is 2.08. The molecule has 2 N–H and O–H groups in total. The summed E-state index contributed by atoms with van der Waals surface area (Å²) in [6, 6.07) is 2.25. The number of benzene rings is 1. The molecule has 0 spiro atoms. The van der Waals surface area contributed by atoms with Crippen LogP contribution in [0, 0.1) is 11.6 Å². The maximum Gasteiger partial charge on any atom is 0.160 e. The van der Waals surface area contributed by atoms with Crippen LogP contribution in [0.2, 0.25) is 0 Å². The van der Waals surface area contributed by atoms with Crippen LogP contribution in [0.15, 0.2) is 12.1 Å². The number of rotatable bonds is 0. The molecule has 2 nitrogen and oxygen atoms in total. The molecular formula is C9H9F2NO. The lowest BCUT2D eigenvalue weighted by atomic mass is 10.0. The summed E-state index contributed by atoms with van der Waals surface area (Å²) in [5.74, 6) is -1.72. The van der Waals surface area contributed by atoms with Gasteiger partial charge in [-0.25, -0.2) is 8.78 Å². The predicted octanol–water partition coefficient (Wildman–Crippen LogP) is 1.29. The third-order valence-corrected chi connectivity index (χ3v) is 2.13. The molecule has 13 heavy (non-hydrogen) atoms. The maximum absolute atomic E-state index is 12.7. The second-order valence-corrected chi connectivity index (χ2v) is 3.16. The van der Waals surface area contributed by atoms with Gasteiger partial charge in [0.25, 0.3) is 0 Å². The Bertz CT molecular complexity index is 341. The van der Waals surface area contributed by atoms with E-state index in [4.69, 9.17) is 0 Å². The smallest absolute Gasteiger partial charge is 0.160 e. The molecule has 70 valence electrons. The van der Waals surface area contributed by atoms with Crippen LogP contribution in [0.1, 0.15) is 5.56 Å². The lowest BCUT2D eigenvalue weighted by molar-refractivity contribution is 0.184. The Hall–Kier alpha value is -1.16. The van der Waals surface area contributed by atoms with Gasteiger partial charge in [0.1, 0.15) is 0 Å². The number of nitrogens with one attached hydrogen (secondary N) is 1. The van der Waals surface area contributed by atoms with E-state index in [0.29, 0.717) is 24.2 Å². The number of anilines is 1. The lowest BCUT2D eigenvalue weighted by Crippen LogP contribution is -2.27. The Morgan fingerprint density at radius 1 is 1.31 bits per heavy atom. The third kappa shape index (κ3) is 1.49. The van der Waals surface area contributed by atoms with Crippen molar-refractivity contribution in [1.29, 1.82) is 0 Å². The molecule has 0 aromatic heterocycles. The zero-order chi connectivity index (χ0) is 9.42. The van der Waals surface area contributed by atoms with Crippen LogP contribution in [0.25, 0.3) is 0 Å². The fourth-order valence-electron chi connectivity index (χ4n) is 1.48. The molecule has 1 aromatic carbocycles. The first-order valence-corrected chi connectivity index (χ1v) is 4.06. The second kappa shape index (κ2) is 2.96. The van der Waals surface area contributed by atoms with E-state index in [1.807, 2.05) is 0 Å². The highest BCUT2D eigenvalue weighted by Gasteiger charge is 2.18. The van der Waals surface area contributed by atoms with Gasteiger partial charge >= 0.3 is 0 Å². The summed E-state index contributed by atoms with van der Waals surface area (Å²) in [7, 11) is 0. The van der Waals surface area contributed by atoms with Crippen LogP contribution >= 0.6 is 0 Å². The first kappa shape index (κ1) is 8.44. The highest BCUT2D eigenvalue weighted by molar-refractivity contribution is 5.54. The molecule has 0 saturated heterocycles. The molecule has 0 amide bonds. The first-order chi connectivity index (χ1) is 6.16. The normalized spacial score (nSPS) is 20.7. The molecular weight excluding hydrogens is 176 g/mol. The minimum atomic E-state index is -0.866. The summed E-state index contributed by atoms with van der Waals surface area (Å²) in [5, 5.41) is 12.1. The van der Waals surface area contributed by atoms with Gasteiger partial charge in [-0.05, 0) is 11.6 Å². The summed E-state index contributed by atoms with van der Waals surface area (Å²) in [4.78, 5) is 0. The maximum atomic E-state index is 12.7. The minimum absolute atomic E-state index is 0.375. The summed E-state index contributed by atoms with van der Waals surface area (Å²) in [6.45, 7) is 0.387. The van der Waals surface area contributed by atoms with E-state index < -0.39 is 17.7 Å². The van der Waals surface area contributed by atoms with Crippen molar-refractivity contribution in [3.8, 4) is 0 Å². The molecule has 1 unspecified atom stereocenters. The van der Waals surface area contributed by atoms with Gasteiger partial charge in [-0.2, -0.15) is 0 Å². The molecule has 0 fully saturated rings. The van der Waals surface area contributed by atoms with Crippen molar-refractivity contribution in [2.45, 2.75) is 12.5 Å². The van der Waals surface area contributed by atoms with Crippen molar-refractivity contribution in [3.05, 3.63) is 29.3 Å². The number of halogens is 2. The molecule has 1 aromatic rings. The minimum Gasteiger partial charge on any atom is -0.391 e. The topological polar surface area (TPSA) is 32.3 Å². The van der Waals surface area contributed by atoms with Gasteiger partial charge in [0.15, 0.2) is 11.6 Å². The van der Waals surface area contributed by atoms with E-state index >= 15 is 0 Å². The number of aliphatic hydroxyl groups excluding tert-OH is 1. The number of β-amino-alcohol motifs (C(OH)–C–C–N with tert-alkyl or cyclic N) is 1. The van der Waals surface area contributed by atoms with Gasteiger partial charge < -0.3 is 10.4 Å². The lowest BCUT2D eigenvalue weighted by Gasteiger charge is -2.22. The summed E-state index contributed by atoms with van der Waals surface area (Å²) in [5.41, 5.74) is 1.20. The number of aliphatic hydroxyl groups is 1. The number of hydrogen-bond acceptors (Lipinski definition) is 2. The Morgan fingerprint density at radius 3 is 2.77 bits per heavy atom. The second-order valence-electron chi connectivity index (χ2n) is 3.16. The van der Waals surface area contributed by atoms with Crippen LogP contribution < -0.4 is 5.32 Å². The third-order valence-electron chi connectivity index (χ3n) is 2.13. The van der Waals surface area contributed by atoms with Crippen molar-refractivity contribution < 1.29 is 13.9 Å². The van der Waals surface area contributed by atoms with E-state index in [9.17, 15) is 13.9 Å². The van der Waals surface area contributed by atoms with Crippen LogP contribution in [0.3, 0.4) is 0 Å². The Morgan fingerprint density at radius 2 is 2.00 bits per heavy atom.